The molecule has 0 unspecified atom stereocenters. The van der Waals surface area contributed by atoms with Crippen molar-refractivity contribution in [1.82, 2.24) is 10.2 Å². The molecule has 0 aromatic heterocycles. The summed E-state index contributed by atoms with van der Waals surface area (Å²) in [5.41, 5.74) is 6.30. The second kappa shape index (κ2) is 11.6. The van der Waals surface area contributed by atoms with Crippen LogP contribution < -0.4 is 10.2 Å². The Morgan fingerprint density at radius 2 is 1.35 bits per heavy atom. The Morgan fingerprint density at radius 3 is 2.11 bits per heavy atom. The van der Waals surface area contributed by atoms with Crippen molar-refractivity contribution in [3.8, 4) is 17.2 Å². The van der Waals surface area contributed by atoms with Crippen molar-refractivity contribution < 1.29 is 4.79 Å². The van der Waals surface area contributed by atoms with Gasteiger partial charge in [-0.05, 0) is 41.0 Å². The Morgan fingerprint density at radius 1 is 0.730 bits per heavy atom. The minimum absolute atomic E-state index is 0.144. The first-order chi connectivity index (χ1) is 18.2. The maximum atomic E-state index is 13.3. The molecule has 1 heterocycles. The normalized spacial score (nSPS) is 13.6. The van der Waals surface area contributed by atoms with Gasteiger partial charge < -0.3 is 10.2 Å². The molecular weight excluding hydrogens is 456 g/mol. The molecule has 1 aliphatic rings. The summed E-state index contributed by atoms with van der Waals surface area (Å²) < 4.78 is 0. The minimum atomic E-state index is -0.144. The van der Waals surface area contributed by atoms with E-state index in [2.05, 4.69) is 69.7 Å². The van der Waals surface area contributed by atoms with Crippen molar-refractivity contribution >= 4 is 11.6 Å². The van der Waals surface area contributed by atoms with Gasteiger partial charge in [-0.3, -0.25) is 9.69 Å². The number of para-hydroxylation sites is 1. The fourth-order valence-electron chi connectivity index (χ4n) is 4.93. The lowest BCUT2D eigenvalue weighted by atomic mass is 9.95. The number of piperazine rings is 1. The number of nitrogens with zero attached hydrogens (tertiary/aromatic N) is 3. The van der Waals surface area contributed by atoms with Gasteiger partial charge in [0.2, 0.25) is 0 Å². The lowest BCUT2D eigenvalue weighted by Gasteiger charge is -2.36. The summed E-state index contributed by atoms with van der Waals surface area (Å²) in [7, 11) is 0. The molecule has 1 saturated heterocycles. The predicted octanol–water partition coefficient (Wildman–Crippen LogP) is 5.48. The summed E-state index contributed by atoms with van der Waals surface area (Å²) in [6, 6.07) is 36.0. The fraction of sp³-hybridized carbons (Fsp3) is 0.188. The molecule has 5 rings (SSSR count). The van der Waals surface area contributed by atoms with Gasteiger partial charge in [0.25, 0.3) is 5.91 Å². The topological polar surface area (TPSA) is 59.4 Å². The molecule has 1 amide bonds. The quantitative estimate of drug-likeness (QED) is 0.376. The zero-order chi connectivity index (χ0) is 25.5. The van der Waals surface area contributed by atoms with Crippen LogP contribution >= 0.6 is 0 Å². The summed E-state index contributed by atoms with van der Waals surface area (Å²) in [4.78, 5) is 18.2. The largest absolute Gasteiger partial charge is 0.369 e. The lowest BCUT2D eigenvalue weighted by Crippen LogP contribution is -2.46. The van der Waals surface area contributed by atoms with Gasteiger partial charge in [-0.15, -0.1) is 0 Å². The van der Waals surface area contributed by atoms with E-state index in [1.165, 1.54) is 11.3 Å². The molecule has 5 nitrogen and oxygen atoms in total. The maximum Gasteiger partial charge on any atom is 0.252 e. The average molecular weight is 487 g/mol. The van der Waals surface area contributed by atoms with Crippen molar-refractivity contribution in [2.75, 3.05) is 31.1 Å². The van der Waals surface area contributed by atoms with Crippen LogP contribution in [0.2, 0.25) is 0 Å². The van der Waals surface area contributed by atoms with Crippen LogP contribution in [0.4, 0.5) is 5.69 Å². The molecule has 5 heteroatoms. The Bertz CT molecular complexity index is 1400. The van der Waals surface area contributed by atoms with Crippen molar-refractivity contribution in [2.24, 2.45) is 0 Å². The maximum absolute atomic E-state index is 13.3. The van der Waals surface area contributed by atoms with Crippen molar-refractivity contribution in [3.63, 3.8) is 0 Å². The lowest BCUT2D eigenvalue weighted by molar-refractivity contribution is 0.0951. The van der Waals surface area contributed by atoms with Gasteiger partial charge in [-0.25, -0.2) is 0 Å². The van der Waals surface area contributed by atoms with E-state index >= 15 is 0 Å². The first kappa shape index (κ1) is 24.3. The number of carbonyl (C=O) groups is 1. The van der Waals surface area contributed by atoms with Crippen molar-refractivity contribution in [2.45, 2.75) is 13.1 Å². The number of nitriles is 1. The van der Waals surface area contributed by atoms with E-state index in [1.54, 1.807) is 6.07 Å². The third kappa shape index (κ3) is 5.72. The monoisotopic (exact) mass is 486 g/mol. The summed E-state index contributed by atoms with van der Waals surface area (Å²) in [5, 5.41) is 12.7. The van der Waals surface area contributed by atoms with E-state index in [0.717, 1.165) is 49.4 Å². The number of nitrogens with one attached hydrogen (secondary N) is 1. The number of hydrogen-bond donors (Lipinski definition) is 1. The van der Waals surface area contributed by atoms with Gasteiger partial charge >= 0.3 is 0 Å². The zero-order valence-electron chi connectivity index (χ0n) is 20.8. The third-order valence-electron chi connectivity index (χ3n) is 6.95. The molecule has 1 fully saturated rings. The van der Waals surface area contributed by atoms with Crippen molar-refractivity contribution in [1.29, 1.82) is 5.26 Å². The molecule has 0 saturated carbocycles. The molecule has 0 atom stereocenters. The average Bonchev–Trinajstić information content (AvgIpc) is 2.97. The molecule has 4 aromatic rings. The molecule has 0 radical (unpaired) electrons. The standard InChI is InChI=1S/C32H30N4O/c33-22-25-10-6-7-15-29(25)30-16-8-9-17-31(30)32(37)34-23-26-11-4-5-12-27(26)24-35-18-20-36(21-19-35)28-13-2-1-3-14-28/h1-17H,18-21,23-24H2,(H,34,37). The smallest absolute Gasteiger partial charge is 0.252 e. The molecule has 184 valence electrons. The number of benzene rings is 4. The SMILES string of the molecule is N#Cc1ccccc1-c1ccccc1C(=O)NCc1ccccc1CN1CCN(c2ccccc2)CC1. The first-order valence-electron chi connectivity index (χ1n) is 12.7. The summed E-state index contributed by atoms with van der Waals surface area (Å²) in [6.45, 7) is 5.32. The molecule has 37 heavy (non-hydrogen) atoms. The molecular formula is C32H30N4O. The molecule has 0 bridgehead atoms. The molecule has 0 aliphatic carbocycles. The number of rotatable bonds is 7. The third-order valence-corrected chi connectivity index (χ3v) is 6.95. The predicted molar refractivity (Wildman–Crippen MR) is 148 cm³/mol. The Balaban J connectivity index is 1.25. The highest BCUT2D eigenvalue weighted by molar-refractivity contribution is 6.01. The Hall–Kier alpha value is -4.40. The highest BCUT2D eigenvalue weighted by atomic mass is 16.1. The molecule has 1 aliphatic heterocycles. The van der Waals surface area contributed by atoms with Crippen LogP contribution in [-0.4, -0.2) is 37.0 Å². The van der Waals surface area contributed by atoms with Crippen LogP contribution in [0.25, 0.3) is 11.1 Å². The fourth-order valence-corrected chi connectivity index (χ4v) is 4.93. The van der Waals surface area contributed by atoms with E-state index < -0.39 is 0 Å². The number of anilines is 1. The van der Waals surface area contributed by atoms with Gasteiger partial charge in [0, 0.05) is 56.1 Å². The van der Waals surface area contributed by atoms with E-state index in [4.69, 9.17) is 0 Å². The second-order valence-corrected chi connectivity index (χ2v) is 9.25. The Labute approximate surface area is 218 Å². The van der Waals surface area contributed by atoms with Gasteiger partial charge in [0.05, 0.1) is 11.6 Å². The van der Waals surface area contributed by atoms with Gasteiger partial charge in [0.15, 0.2) is 0 Å². The van der Waals surface area contributed by atoms with E-state index in [0.29, 0.717) is 17.7 Å². The number of carbonyl (C=O) groups excluding carboxylic acids is 1. The van der Waals surface area contributed by atoms with Crippen LogP contribution in [0.1, 0.15) is 27.0 Å². The van der Waals surface area contributed by atoms with Crippen molar-refractivity contribution in [3.05, 3.63) is 125 Å². The summed E-state index contributed by atoms with van der Waals surface area (Å²) in [5.74, 6) is -0.144. The van der Waals surface area contributed by atoms with Gasteiger partial charge in [0.1, 0.15) is 0 Å². The Kier molecular flexibility index (Phi) is 7.59. The second-order valence-electron chi connectivity index (χ2n) is 9.25. The van der Waals surface area contributed by atoms with Crippen LogP contribution in [0.15, 0.2) is 103 Å². The van der Waals surface area contributed by atoms with Gasteiger partial charge in [-0.1, -0.05) is 78.9 Å². The number of hydrogen-bond acceptors (Lipinski definition) is 4. The van der Waals surface area contributed by atoms with Crippen LogP contribution in [-0.2, 0) is 13.1 Å². The molecule has 1 N–H and O–H groups in total. The van der Waals surface area contributed by atoms with Crippen LogP contribution in [0.3, 0.4) is 0 Å². The molecule has 4 aromatic carbocycles. The molecule has 0 spiro atoms. The first-order valence-corrected chi connectivity index (χ1v) is 12.7. The van der Waals surface area contributed by atoms with Crippen LogP contribution in [0.5, 0.6) is 0 Å². The van der Waals surface area contributed by atoms with Crippen LogP contribution in [0, 0.1) is 11.3 Å². The van der Waals surface area contributed by atoms with E-state index in [-0.39, 0.29) is 5.91 Å². The van der Waals surface area contributed by atoms with E-state index in [1.807, 2.05) is 48.5 Å². The highest BCUT2D eigenvalue weighted by Gasteiger charge is 2.19. The highest BCUT2D eigenvalue weighted by Crippen LogP contribution is 2.27. The summed E-state index contributed by atoms with van der Waals surface area (Å²) in [6.07, 6.45) is 0. The minimum Gasteiger partial charge on any atom is -0.369 e. The summed E-state index contributed by atoms with van der Waals surface area (Å²) >= 11 is 0. The van der Waals surface area contributed by atoms with Gasteiger partial charge in [-0.2, -0.15) is 5.26 Å². The zero-order valence-corrected chi connectivity index (χ0v) is 20.8. The number of amides is 1. The van der Waals surface area contributed by atoms with E-state index in [9.17, 15) is 10.1 Å².